The molecule has 3 aromatic rings. The van der Waals surface area contributed by atoms with Gasteiger partial charge in [-0.2, -0.15) is 10.4 Å². The number of amides is 1. The van der Waals surface area contributed by atoms with Gasteiger partial charge in [0.05, 0.1) is 22.3 Å². The molecule has 1 amide bonds. The summed E-state index contributed by atoms with van der Waals surface area (Å²) < 4.78 is 15.3. The minimum absolute atomic E-state index is 0.205. The first-order chi connectivity index (χ1) is 14.6. The van der Waals surface area contributed by atoms with Crippen molar-refractivity contribution in [2.45, 2.75) is 38.3 Å². The lowest BCUT2D eigenvalue weighted by Crippen LogP contribution is -2.41. The largest absolute Gasteiger partial charge is 0.347 e. The van der Waals surface area contributed by atoms with Gasteiger partial charge in [-0.25, -0.2) is 4.39 Å². The van der Waals surface area contributed by atoms with Crippen LogP contribution in [0.4, 0.5) is 4.39 Å². The molecular formula is C22H22FN5OS. The number of rotatable bonds is 5. The van der Waals surface area contributed by atoms with Crippen LogP contribution in [0.5, 0.6) is 0 Å². The average molecular weight is 424 g/mol. The summed E-state index contributed by atoms with van der Waals surface area (Å²) in [6, 6.07) is 10.1. The van der Waals surface area contributed by atoms with Crippen LogP contribution >= 0.6 is 11.3 Å². The van der Waals surface area contributed by atoms with E-state index >= 15 is 0 Å². The molecule has 0 fully saturated rings. The van der Waals surface area contributed by atoms with Gasteiger partial charge in [-0.3, -0.25) is 9.48 Å². The van der Waals surface area contributed by atoms with Gasteiger partial charge in [-0.1, -0.05) is 12.1 Å². The summed E-state index contributed by atoms with van der Waals surface area (Å²) in [5.74, 6) is -0.513. The van der Waals surface area contributed by atoms with Crippen LogP contribution < -0.4 is 11.1 Å². The van der Waals surface area contributed by atoms with Gasteiger partial charge in [0.2, 0.25) is 0 Å². The Balaban J connectivity index is 1.58. The zero-order valence-electron chi connectivity index (χ0n) is 16.4. The SMILES string of the molecule is N#Cc1cnn2c1-c1cc(C(=O)NC(CN)Cc3cccc(F)c3)sc1CCCC2. The van der Waals surface area contributed by atoms with Crippen LogP contribution in [0, 0.1) is 17.1 Å². The summed E-state index contributed by atoms with van der Waals surface area (Å²) in [5.41, 5.74) is 8.86. The number of carbonyl (C=O) groups excluding carboxylic acids is 1. The third-order valence-electron chi connectivity index (χ3n) is 5.26. The molecule has 0 aliphatic carbocycles. The number of nitrogens with one attached hydrogen (secondary N) is 1. The van der Waals surface area contributed by atoms with E-state index in [1.54, 1.807) is 12.3 Å². The quantitative estimate of drug-likeness (QED) is 0.658. The molecule has 30 heavy (non-hydrogen) atoms. The van der Waals surface area contributed by atoms with Crippen molar-refractivity contribution in [1.82, 2.24) is 15.1 Å². The van der Waals surface area contributed by atoms with Crippen LogP contribution in [0.3, 0.4) is 0 Å². The molecule has 1 unspecified atom stereocenters. The van der Waals surface area contributed by atoms with Gasteiger partial charge in [0, 0.05) is 29.6 Å². The number of nitriles is 1. The van der Waals surface area contributed by atoms with Crippen LogP contribution in [0.15, 0.2) is 36.5 Å². The number of hydrogen-bond donors (Lipinski definition) is 2. The number of carbonyl (C=O) groups is 1. The lowest BCUT2D eigenvalue weighted by molar-refractivity contribution is 0.0942. The van der Waals surface area contributed by atoms with Crippen molar-refractivity contribution in [3.63, 3.8) is 0 Å². The second kappa shape index (κ2) is 8.78. The minimum Gasteiger partial charge on any atom is -0.347 e. The van der Waals surface area contributed by atoms with Gasteiger partial charge in [0.25, 0.3) is 5.91 Å². The highest BCUT2D eigenvalue weighted by molar-refractivity contribution is 7.14. The summed E-state index contributed by atoms with van der Waals surface area (Å²) in [4.78, 5) is 14.6. The molecule has 2 aromatic heterocycles. The number of nitrogens with zero attached hydrogens (tertiary/aromatic N) is 3. The third-order valence-corrected chi connectivity index (χ3v) is 6.46. The Kier molecular flexibility index (Phi) is 5.93. The fourth-order valence-electron chi connectivity index (χ4n) is 3.79. The Bertz CT molecular complexity index is 1110. The van der Waals surface area contributed by atoms with E-state index in [-0.39, 0.29) is 24.3 Å². The molecule has 1 aliphatic heterocycles. The van der Waals surface area contributed by atoms with Crippen molar-refractivity contribution in [3.05, 3.63) is 63.2 Å². The van der Waals surface area contributed by atoms with E-state index in [2.05, 4.69) is 16.5 Å². The van der Waals surface area contributed by atoms with Gasteiger partial charge in [-0.15, -0.1) is 11.3 Å². The molecule has 3 heterocycles. The second-order valence-corrected chi connectivity index (χ2v) is 8.52. The molecule has 0 radical (unpaired) electrons. The molecule has 3 N–H and O–H groups in total. The van der Waals surface area contributed by atoms with E-state index in [1.165, 1.54) is 23.5 Å². The van der Waals surface area contributed by atoms with Crippen molar-refractivity contribution in [2.75, 3.05) is 6.54 Å². The number of benzene rings is 1. The fraction of sp³-hybridized carbons (Fsp3) is 0.318. The van der Waals surface area contributed by atoms with E-state index in [4.69, 9.17) is 5.73 Å². The zero-order valence-corrected chi connectivity index (χ0v) is 17.2. The molecule has 0 saturated heterocycles. The predicted molar refractivity (Wildman–Crippen MR) is 114 cm³/mol. The monoisotopic (exact) mass is 423 g/mol. The summed E-state index contributed by atoms with van der Waals surface area (Å²) in [6.07, 6.45) is 4.89. The van der Waals surface area contributed by atoms with E-state index in [1.807, 2.05) is 16.8 Å². The van der Waals surface area contributed by atoms with Crippen molar-refractivity contribution in [1.29, 1.82) is 5.26 Å². The van der Waals surface area contributed by atoms with Crippen LogP contribution in [0.25, 0.3) is 11.3 Å². The summed E-state index contributed by atoms with van der Waals surface area (Å²) in [6.45, 7) is 1.01. The van der Waals surface area contributed by atoms with Gasteiger partial charge in [0.1, 0.15) is 11.9 Å². The standard InChI is InChI=1S/C22H22FN5OS/c23-16-5-3-4-14(8-16)9-17(12-25)27-22(29)20-10-18-19(30-20)6-1-2-7-28-21(18)15(11-24)13-26-28/h3-5,8,10,13,17H,1-2,6-7,9,12,25H2,(H,27,29). The molecular weight excluding hydrogens is 401 g/mol. The maximum absolute atomic E-state index is 13.5. The Labute approximate surface area is 178 Å². The van der Waals surface area contributed by atoms with Gasteiger partial charge in [0.15, 0.2) is 0 Å². The number of thiophene rings is 1. The molecule has 0 saturated carbocycles. The first-order valence-corrected chi connectivity index (χ1v) is 10.7. The first kappa shape index (κ1) is 20.3. The van der Waals surface area contributed by atoms with Gasteiger partial charge < -0.3 is 11.1 Å². The topological polar surface area (TPSA) is 96.7 Å². The number of aromatic nitrogens is 2. The maximum Gasteiger partial charge on any atom is 0.261 e. The fourth-order valence-corrected chi connectivity index (χ4v) is 4.90. The summed E-state index contributed by atoms with van der Waals surface area (Å²) >= 11 is 1.45. The highest BCUT2D eigenvalue weighted by atomic mass is 32.1. The lowest BCUT2D eigenvalue weighted by Gasteiger charge is -2.16. The van der Waals surface area contributed by atoms with Gasteiger partial charge >= 0.3 is 0 Å². The second-order valence-electron chi connectivity index (χ2n) is 7.39. The average Bonchev–Trinajstić information content (AvgIpc) is 3.32. The molecule has 1 atom stereocenters. The Morgan fingerprint density at radius 1 is 1.40 bits per heavy atom. The van der Waals surface area contributed by atoms with E-state index in [0.29, 0.717) is 16.9 Å². The molecule has 4 rings (SSSR count). The smallest absolute Gasteiger partial charge is 0.261 e. The van der Waals surface area contributed by atoms with E-state index in [0.717, 1.165) is 47.5 Å². The Hall–Kier alpha value is -3.02. The van der Waals surface area contributed by atoms with Gasteiger partial charge in [-0.05, 0) is 49.4 Å². The highest BCUT2D eigenvalue weighted by Crippen LogP contribution is 2.36. The van der Waals surface area contributed by atoms with Crippen molar-refractivity contribution in [2.24, 2.45) is 5.73 Å². The normalized spacial score (nSPS) is 14.0. The van der Waals surface area contributed by atoms with Crippen LogP contribution in [-0.2, 0) is 19.4 Å². The predicted octanol–water partition coefficient (Wildman–Crippen LogP) is 3.26. The van der Waals surface area contributed by atoms with E-state index in [9.17, 15) is 14.4 Å². The van der Waals surface area contributed by atoms with Crippen LogP contribution in [0.1, 0.15) is 38.5 Å². The van der Waals surface area contributed by atoms with Crippen molar-refractivity contribution < 1.29 is 9.18 Å². The zero-order chi connectivity index (χ0) is 21.1. The number of fused-ring (bicyclic) bond motifs is 3. The molecule has 154 valence electrons. The molecule has 8 heteroatoms. The lowest BCUT2D eigenvalue weighted by atomic mass is 10.0. The minimum atomic E-state index is -0.308. The molecule has 1 aromatic carbocycles. The highest BCUT2D eigenvalue weighted by Gasteiger charge is 2.24. The Morgan fingerprint density at radius 3 is 3.03 bits per heavy atom. The van der Waals surface area contributed by atoms with Crippen molar-refractivity contribution >= 4 is 17.2 Å². The Morgan fingerprint density at radius 2 is 2.27 bits per heavy atom. The molecule has 0 bridgehead atoms. The summed E-state index contributed by atoms with van der Waals surface area (Å²) in [7, 11) is 0. The number of hydrogen-bond acceptors (Lipinski definition) is 5. The van der Waals surface area contributed by atoms with Crippen LogP contribution in [-0.4, -0.2) is 28.3 Å². The molecule has 1 aliphatic rings. The first-order valence-electron chi connectivity index (χ1n) is 9.93. The van der Waals surface area contributed by atoms with Crippen LogP contribution in [0.2, 0.25) is 0 Å². The number of nitrogens with two attached hydrogens (primary N) is 1. The molecule has 0 spiro atoms. The van der Waals surface area contributed by atoms with Crippen molar-refractivity contribution in [3.8, 4) is 17.3 Å². The third kappa shape index (κ3) is 4.13. The number of halogens is 1. The molecule has 6 nitrogen and oxygen atoms in total. The maximum atomic E-state index is 13.5. The number of aryl methyl sites for hydroxylation is 2. The summed E-state index contributed by atoms with van der Waals surface area (Å²) in [5, 5.41) is 16.8. The van der Waals surface area contributed by atoms with E-state index < -0.39 is 0 Å².